The number of alkyl halides is 3. The first-order valence-corrected chi connectivity index (χ1v) is 6.79. The molecule has 1 amide bonds. The van der Waals surface area contributed by atoms with Crippen LogP contribution in [0.1, 0.15) is 43.9 Å². The average Bonchev–Trinajstić information content (AvgIpc) is 2.65. The molecule has 0 radical (unpaired) electrons. The van der Waals surface area contributed by atoms with Gasteiger partial charge in [-0.3, -0.25) is 0 Å². The van der Waals surface area contributed by atoms with Crippen molar-refractivity contribution in [1.29, 1.82) is 0 Å². The SMILES string of the molecule is CC(NC(=O)OCC(F)(F)F)c1nnc2n1CCCCC2. The summed E-state index contributed by atoms with van der Waals surface area (Å²) in [5.74, 6) is 1.38. The Kier molecular flexibility index (Phi) is 4.69. The highest BCUT2D eigenvalue weighted by molar-refractivity contribution is 5.67. The number of ether oxygens (including phenoxy) is 1. The Morgan fingerprint density at radius 2 is 2.14 bits per heavy atom. The highest BCUT2D eigenvalue weighted by Gasteiger charge is 2.30. The number of nitrogens with one attached hydrogen (secondary N) is 1. The zero-order chi connectivity index (χ0) is 15.5. The largest absolute Gasteiger partial charge is 0.440 e. The monoisotopic (exact) mass is 306 g/mol. The smallest absolute Gasteiger partial charge is 0.422 e. The van der Waals surface area contributed by atoms with Gasteiger partial charge in [0.15, 0.2) is 12.4 Å². The third-order valence-corrected chi connectivity index (χ3v) is 3.23. The van der Waals surface area contributed by atoms with Crippen molar-refractivity contribution in [3.63, 3.8) is 0 Å². The van der Waals surface area contributed by atoms with Gasteiger partial charge < -0.3 is 14.6 Å². The van der Waals surface area contributed by atoms with Crippen LogP contribution < -0.4 is 5.32 Å². The van der Waals surface area contributed by atoms with Crippen molar-refractivity contribution in [3.05, 3.63) is 11.6 Å². The molecule has 1 unspecified atom stereocenters. The van der Waals surface area contributed by atoms with Crippen LogP contribution in [-0.4, -0.2) is 33.6 Å². The molecule has 2 rings (SSSR count). The molecule has 0 bridgehead atoms. The summed E-state index contributed by atoms with van der Waals surface area (Å²) in [4.78, 5) is 11.3. The van der Waals surface area contributed by atoms with E-state index < -0.39 is 24.9 Å². The van der Waals surface area contributed by atoms with Gasteiger partial charge in [0.25, 0.3) is 0 Å². The number of hydrogen-bond donors (Lipinski definition) is 1. The van der Waals surface area contributed by atoms with Gasteiger partial charge in [-0.15, -0.1) is 10.2 Å². The number of hydrogen-bond acceptors (Lipinski definition) is 4. The van der Waals surface area contributed by atoms with E-state index in [1.807, 2.05) is 4.57 Å². The third-order valence-electron chi connectivity index (χ3n) is 3.23. The summed E-state index contributed by atoms with van der Waals surface area (Å²) >= 11 is 0. The lowest BCUT2D eigenvalue weighted by atomic mass is 10.2. The van der Waals surface area contributed by atoms with Crippen LogP contribution in [0.5, 0.6) is 0 Å². The van der Waals surface area contributed by atoms with Crippen LogP contribution in [0, 0.1) is 0 Å². The van der Waals surface area contributed by atoms with Crippen LogP contribution in [0.3, 0.4) is 0 Å². The lowest BCUT2D eigenvalue weighted by Crippen LogP contribution is -2.32. The molecule has 0 aliphatic carbocycles. The normalized spacial score (nSPS) is 16.8. The maximum Gasteiger partial charge on any atom is 0.422 e. The van der Waals surface area contributed by atoms with E-state index in [0.717, 1.165) is 38.1 Å². The van der Waals surface area contributed by atoms with Gasteiger partial charge in [-0.2, -0.15) is 13.2 Å². The Hall–Kier alpha value is -1.80. The summed E-state index contributed by atoms with van der Waals surface area (Å²) in [6, 6.07) is -0.565. The van der Waals surface area contributed by atoms with Crippen LogP contribution in [0.2, 0.25) is 0 Å². The number of halogens is 3. The molecule has 1 aromatic rings. The minimum Gasteiger partial charge on any atom is -0.440 e. The van der Waals surface area contributed by atoms with Gasteiger partial charge in [-0.25, -0.2) is 4.79 Å². The minimum absolute atomic E-state index is 0.538. The summed E-state index contributed by atoms with van der Waals surface area (Å²) in [6.45, 7) is 0.780. The lowest BCUT2D eigenvalue weighted by molar-refractivity contribution is -0.160. The third kappa shape index (κ3) is 4.33. The fourth-order valence-corrected chi connectivity index (χ4v) is 2.26. The first kappa shape index (κ1) is 15.6. The first-order chi connectivity index (χ1) is 9.87. The maximum absolute atomic E-state index is 12.0. The van der Waals surface area contributed by atoms with E-state index >= 15 is 0 Å². The molecule has 1 aliphatic heterocycles. The summed E-state index contributed by atoms with van der Waals surface area (Å²) < 4.78 is 41.9. The average molecular weight is 306 g/mol. The standard InChI is InChI=1S/C12H17F3N4O2/c1-8(16-11(20)21-7-12(13,14)15)10-18-17-9-5-3-2-4-6-19(9)10/h8H,2-7H2,1H3,(H,16,20). The molecule has 2 heterocycles. The maximum atomic E-state index is 12.0. The molecular weight excluding hydrogens is 289 g/mol. The Bertz CT molecular complexity index is 501. The van der Waals surface area contributed by atoms with E-state index in [2.05, 4.69) is 20.3 Å². The first-order valence-electron chi connectivity index (χ1n) is 6.79. The van der Waals surface area contributed by atoms with E-state index in [1.165, 1.54) is 0 Å². The van der Waals surface area contributed by atoms with Crippen LogP contribution in [0.4, 0.5) is 18.0 Å². The molecule has 1 N–H and O–H groups in total. The molecule has 21 heavy (non-hydrogen) atoms. The van der Waals surface area contributed by atoms with Gasteiger partial charge in [0.2, 0.25) is 0 Å². The molecular formula is C12H17F3N4O2. The number of carbonyl (C=O) groups excluding carboxylic acids is 1. The van der Waals surface area contributed by atoms with Crippen molar-refractivity contribution in [2.75, 3.05) is 6.61 Å². The molecule has 0 aromatic carbocycles. The number of aryl methyl sites for hydroxylation is 1. The second-order valence-corrected chi connectivity index (χ2v) is 4.99. The molecule has 0 saturated heterocycles. The Morgan fingerprint density at radius 1 is 1.38 bits per heavy atom. The number of carbonyl (C=O) groups is 1. The van der Waals surface area contributed by atoms with Gasteiger partial charge in [-0.05, 0) is 19.8 Å². The Balaban J connectivity index is 1.96. The molecule has 1 atom stereocenters. The Morgan fingerprint density at radius 3 is 2.86 bits per heavy atom. The van der Waals surface area contributed by atoms with Crippen LogP contribution in [0.15, 0.2) is 0 Å². The van der Waals surface area contributed by atoms with E-state index in [4.69, 9.17) is 0 Å². The predicted molar refractivity (Wildman–Crippen MR) is 66.5 cm³/mol. The highest BCUT2D eigenvalue weighted by atomic mass is 19.4. The summed E-state index contributed by atoms with van der Waals surface area (Å²) in [5.41, 5.74) is 0. The van der Waals surface area contributed by atoms with Crippen LogP contribution >= 0.6 is 0 Å². The molecule has 0 fully saturated rings. The summed E-state index contributed by atoms with van der Waals surface area (Å²) in [5, 5.41) is 10.4. The van der Waals surface area contributed by atoms with E-state index in [0.29, 0.717) is 5.82 Å². The Labute approximate surface area is 119 Å². The number of alkyl carbamates (subject to hydrolysis) is 1. The van der Waals surface area contributed by atoms with Crippen molar-refractivity contribution in [2.45, 2.75) is 51.4 Å². The zero-order valence-corrected chi connectivity index (χ0v) is 11.6. The lowest BCUT2D eigenvalue weighted by Gasteiger charge is -2.15. The number of rotatable bonds is 3. The van der Waals surface area contributed by atoms with Crippen molar-refractivity contribution in [3.8, 4) is 0 Å². The summed E-state index contributed by atoms with van der Waals surface area (Å²) in [6.07, 6.45) is -1.72. The summed E-state index contributed by atoms with van der Waals surface area (Å²) in [7, 11) is 0. The number of aromatic nitrogens is 3. The second-order valence-electron chi connectivity index (χ2n) is 4.99. The van der Waals surface area contributed by atoms with Gasteiger partial charge in [-0.1, -0.05) is 6.42 Å². The number of amides is 1. The highest BCUT2D eigenvalue weighted by Crippen LogP contribution is 2.19. The van der Waals surface area contributed by atoms with E-state index in [1.54, 1.807) is 6.92 Å². The minimum atomic E-state index is -4.54. The van der Waals surface area contributed by atoms with Gasteiger partial charge in [0.1, 0.15) is 5.82 Å². The van der Waals surface area contributed by atoms with Crippen LogP contribution in [0.25, 0.3) is 0 Å². The quantitative estimate of drug-likeness (QED) is 0.930. The predicted octanol–water partition coefficient (Wildman–Crippen LogP) is 2.35. The van der Waals surface area contributed by atoms with E-state index in [9.17, 15) is 18.0 Å². The fraction of sp³-hybridized carbons (Fsp3) is 0.750. The van der Waals surface area contributed by atoms with Crippen molar-refractivity contribution in [2.24, 2.45) is 0 Å². The topological polar surface area (TPSA) is 69.0 Å². The van der Waals surface area contributed by atoms with Crippen molar-refractivity contribution >= 4 is 6.09 Å². The van der Waals surface area contributed by atoms with Gasteiger partial charge in [0.05, 0.1) is 6.04 Å². The fourth-order valence-electron chi connectivity index (χ4n) is 2.26. The molecule has 9 heteroatoms. The molecule has 0 saturated carbocycles. The van der Waals surface area contributed by atoms with Gasteiger partial charge in [0, 0.05) is 13.0 Å². The number of fused-ring (bicyclic) bond motifs is 1. The molecule has 1 aromatic heterocycles. The van der Waals surface area contributed by atoms with E-state index in [-0.39, 0.29) is 0 Å². The zero-order valence-electron chi connectivity index (χ0n) is 11.6. The molecule has 0 spiro atoms. The van der Waals surface area contributed by atoms with Crippen LogP contribution in [-0.2, 0) is 17.7 Å². The second kappa shape index (κ2) is 6.31. The van der Waals surface area contributed by atoms with Crippen molar-refractivity contribution < 1.29 is 22.7 Å². The molecule has 1 aliphatic rings. The van der Waals surface area contributed by atoms with Gasteiger partial charge >= 0.3 is 12.3 Å². The molecule has 6 nitrogen and oxygen atoms in total. The molecule has 118 valence electrons. The van der Waals surface area contributed by atoms with Crippen molar-refractivity contribution in [1.82, 2.24) is 20.1 Å². The number of nitrogens with zero attached hydrogens (tertiary/aromatic N) is 3.